The standard InChI is InChI=1S/C46H92O4/c1-3-5-7-9-11-13-15-17-19-20-21-22-23-24-25-26-27-28-29-30-32-34-36-38-40-42-44-46(48,45(47)50-49)43-41-39-37-35-33-31-18-16-14-12-10-8-6-4-2/h48-49H,3-44H2,1-2H3. The van der Waals surface area contributed by atoms with E-state index in [0.29, 0.717) is 12.8 Å². The fraction of sp³-hybridized carbons (Fsp3) is 0.978. The third kappa shape index (κ3) is 35.8. The van der Waals surface area contributed by atoms with Crippen molar-refractivity contribution < 1.29 is 20.0 Å². The first kappa shape index (κ1) is 49.4. The molecule has 0 heterocycles. The van der Waals surface area contributed by atoms with Gasteiger partial charge < -0.3 is 5.11 Å². The van der Waals surface area contributed by atoms with Crippen LogP contribution < -0.4 is 0 Å². The number of hydrogen-bond donors (Lipinski definition) is 2. The van der Waals surface area contributed by atoms with Crippen molar-refractivity contribution in [3.05, 3.63) is 0 Å². The van der Waals surface area contributed by atoms with E-state index in [1.54, 1.807) is 0 Å². The quantitative estimate of drug-likeness (QED) is 0.0376. The maximum atomic E-state index is 12.1. The minimum atomic E-state index is -1.53. The highest BCUT2D eigenvalue weighted by atomic mass is 17.1. The van der Waals surface area contributed by atoms with E-state index in [2.05, 4.69) is 18.7 Å². The average Bonchev–Trinajstić information content (AvgIpc) is 3.12. The minimum absolute atomic E-state index is 0.393. The van der Waals surface area contributed by atoms with Crippen LogP contribution in [0.4, 0.5) is 0 Å². The predicted molar refractivity (Wildman–Crippen MR) is 219 cm³/mol. The summed E-state index contributed by atoms with van der Waals surface area (Å²) >= 11 is 0. The molecule has 0 saturated heterocycles. The molecule has 0 saturated carbocycles. The van der Waals surface area contributed by atoms with Crippen LogP contribution in [-0.2, 0) is 9.68 Å². The third-order valence-corrected chi connectivity index (χ3v) is 11.4. The molecule has 4 heteroatoms. The molecule has 0 aliphatic carbocycles. The number of hydrogen-bond acceptors (Lipinski definition) is 4. The van der Waals surface area contributed by atoms with Crippen LogP contribution >= 0.6 is 0 Å². The Morgan fingerprint density at radius 3 is 0.660 bits per heavy atom. The average molecular weight is 709 g/mol. The second-order valence-corrected chi connectivity index (χ2v) is 16.3. The third-order valence-electron chi connectivity index (χ3n) is 11.4. The summed E-state index contributed by atoms with van der Waals surface area (Å²) in [5.41, 5.74) is -1.53. The molecular formula is C46H92O4. The molecule has 300 valence electrons. The Bertz CT molecular complexity index is 652. The molecule has 0 aromatic heterocycles. The predicted octanol–water partition coefficient (Wildman–Crippen LogP) is 16.2. The van der Waals surface area contributed by atoms with Gasteiger partial charge in [-0.2, -0.15) is 5.26 Å². The minimum Gasteiger partial charge on any atom is -0.378 e. The Morgan fingerprint density at radius 1 is 0.340 bits per heavy atom. The lowest BCUT2D eigenvalue weighted by molar-refractivity contribution is -0.252. The first-order valence-electron chi connectivity index (χ1n) is 23.2. The van der Waals surface area contributed by atoms with E-state index < -0.39 is 11.6 Å². The molecule has 0 spiro atoms. The van der Waals surface area contributed by atoms with E-state index >= 15 is 0 Å². The van der Waals surface area contributed by atoms with Crippen molar-refractivity contribution in [2.24, 2.45) is 0 Å². The number of carbonyl (C=O) groups is 1. The van der Waals surface area contributed by atoms with Crippen LogP contribution in [0.3, 0.4) is 0 Å². The lowest BCUT2D eigenvalue weighted by atomic mass is 9.89. The first-order valence-corrected chi connectivity index (χ1v) is 23.2. The van der Waals surface area contributed by atoms with Gasteiger partial charge in [-0.3, -0.25) is 4.89 Å². The summed E-state index contributed by atoms with van der Waals surface area (Å²) in [7, 11) is 0. The highest BCUT2D eigenvalue weighted by molar-refractivity contribution is 5.78. The number of rotatable bonds is 43. The molecule has 4 nitrogen and oxygen atoms in total. The summed E-state index contributed by atoms with van der Waals surface area (Å²) in [6, 6.07) is 0. The van der Waals surface area contributed by atoms with Crippen LogP contribution in [0.5, 0.6) is 0 Å². The molecule has 50 heavy (non-hydrogen) atoms. The molecule has 0 amide bonds. The Kier molecular flexibility index (Phi) is 40.6. The Labute approximate surface area is 314 Å². The van der Waals surface area contributed by atoms with Crippen LogP contribution in [0.15, 0.2) is 0 Å². The van der Waals surface area contributed by atoms with Crippen molar-refractivity contribution in [2.75, 3.05) is 0 Å². The summed E-state index contributed by atoms with van der Waals surface area (Å²) in [5, 5.41) is 19.9. The molecule has 0 bridgehead atoms. The maximum absolute atomic E-state index is 12.1. The van der Waals surface area contributed by atoms with E-state index in [1.165, 1.54) is 218 Å². The van der Waals surface area contributed by atoms with Gasteiger partial charge in [0, 0.05) is 0 Å². The highest BCUT2D eigenvalue weighted by Crippen LogP contribution is 2.25. The molecule has 0 radical (unpaired) electrons. The topological polar surface area (TPSA) is 66.8 Å². The van der Waals surface area contributed by atoms with E-state index in [-0.39, 0.29) is 0 Å². The molecule has 0 aliphatic heterocycles. The monoisotopic (exact) mass is 709 g/mol. The van der Waals surface area contributed by atoms with Gasteiger partial charge in [0.2, 0.25) is 0 Å². The summed E-state index contributed by atoms with van der Waals surface area (Å²) in [4.78, 5) is 16.2. The van der Waals surface area contributed by atoms with Crippen molar-refractivity contribution in [3.63, 3.8) is 0 Å². The van der Waals surface area contributed by atoms with Crippen molar-refractivity contribution in [3.8, 4) is 0 Å². The SMILES string of the molecule is CCCCCCCCCCCCCCCCCCCCCCCCCCCCC(O)(CCCCCCCCCCCCCCCC)C(=O)OO. The van der Waals surface area contributed by atoms with Gasteiger partial charge in [0.05, 0.1) is 0 Å². The van der Waals surface area contributed by atoms with E-state index in [1.807, 2.05) is 0 Å². The van der Waals surface area contributed by atoms with Gasteiger partial charge >= 0.3 is 5.97 Å². The second kappa shape index (κ2) is 41.2. The first-order chi connectivity index (χ1) is 24.6. The Morgan fingerprint density at radius 2 is 0.500 bits per heavy atom. The Hall–Kier alpha value is -0.610. The normalized spacial score (nSPS) is 12.8. The second-order valence-electron chi connectivity index (χ2n) is 16.3. The van der Waals surface area contributed by atoms with Crippen molar-refractivity contribution in [1.82, 2.24) is 0 Å². The van der Waals surface area contributed by atoms with Crippen LogP contribution in [-0.4, -0.2) is 21.9 Å². The lowest BCUT2D eigenvalue weighted by Crippen LogP contribution is -2.39. The van der Waals surface area contributed by atoms with Crippen LogP contribution in [0.2, 0.25) is 0 Å². The molecule has 0 rings (SSSR count). The van der Waals surface area contributed by atoms with E-state index in [9.17, 15) is 9.90 Å². The molecule has 0 fully saturated rings. The summed E-state index contributed by atoms with van der Waals surface area (Å²) in [6.07, 6.45) is 54.2. The maximum Gasteiger partial charge on any atom is 0.373 e. The fourth-order valence-electron chi connectivity index (χ4n) is 7.76. The molecule has 1 unspecified atom stereocenters. The van der Waals surface area contributed by atoms with Crippen molar-refractivity contribution in [2.45, 2.75) is 289 Å². The van der Waals surface area contributed by atoms with Gasteiger partial charge in [0.1, 0.15) is 0 Å². The lowest BCUT2D eigenvalue weighted by Gasteiger charge is -2.24. The van der Waals surface area contributed by atoms with Crippen molar-refractivity contribution >= 4 is 5.97 Å². The molecular weight excluding hydrogens is 617 g/mol. The Balaban J connectivity index is 3.49. The number of unbranched alkanes of at least 4 members (excludes halogenated alkanes) is 38. The van der Waals surface area contributed by atoms with E-state index in [4.69, 9.17) is 5.26 Å². The van der Waals surface area contributed by atoms with Crippen LogP contribution in [0, 0.1) is 0 Å². The zero-order valence-electron chi connectivity index (χ0n) is 34.4. The zero-order valence-corrected chi connectivity index (χ0v) is 34.4. The smallest absolute Gasteiger partial charge is 0.373 e. The van der Waals surface area contributed by atoms with Gasteiger partial charge in [-0.05, 0) is 25.7 Å². The van der Waals surface area contributed by atoms with Gasteiger partial charge in [0.25, 0.3) is 0 Å². The van der Waals surface area contributed by atoms with Crippen LogP contribution in [0.25, 0.3) is 0 Å². The number of carbonyl (C=O) groups excluding carboxylic acids is 1. The highest BCUT2D eigenvalue weighted by Gasteiger charge is 2.37. The molecule has 0 aliphatic rings. The largest absolute Gasteiger partial charge is 0.378 e. The molecule has 2 N–H and O–H groups in total. The summed E-state index contributed by atoms with van der Waals surface area (Å²) in [5.74, 6) is -0.869. The van der Waals surface area contributed by atoms with E-state index in [0.717, 1.165) is 38.5 Å². The van der Waals surface area contributed by atoms with Gasteiger partial charge in [-0.1, -0.05) is 258 Å². The molecule has 0 aromatic carbocycles. The fourth-order valence-corrected chi connectivity index (χ4v) is 7.76. The summed E-state index contributed by atoms with van der Waals surface area (Å²) in [6.45, 7) is 4.57. The zero-order chi connectivity index (χ0) is 36.5. The van der Waals surface area contributed by atoms with Gasteiger partial charge in [-0.15, -0.1) is 0 Å². The molecule has 0 aromatic rings. The number of aliphatic hydroxyl groups is 1. The summed E-state index contributed by atoms with van der Waals surface area (Å²) < 4.78 is 0. The molecule has 1 atom stereocenters. The van der Waals surface area contributed by atoms with Gasteiger partial charge in [0.15, 0.2) is 5.60 Å². The van der Waals surface area contributed by atoms with Crippen molar-refractivity contribution in [1.29, 1.82) is 0 Å². The van der Waals surface area contributed by atoms with Gasteiger partial charge in [-0.25, -0.2) is 4.79 Å². The van der Waals surface area contributed by atoms with Crippen LogP contribution in [0.1, 0.15) is 284 Å².